The Bertz CT molecular complexity index is 1740. The van der Waals surface area contributed by atoms with Crippen molar-refractivity contribution in [1.29, 1.82) is 0 Å². The molecule has 13 heteroatoms. The summed E-state index contributed by atoms with van der Waals surface area (Å²) in [6.07, 6.45) is 9.80. The van der Waals surface area contributed by atoms with Crippen molar-refractivity contribution in [2.75, 3.05) is 4.90 Å². The van der Waals surface area contributed by atoms with Crippen LogP contribution in [0.3, 0.4) is 0 Å². The van der Waals surface area contributed by atoms with Gasteiger partial charge in [-0.1, -0.05) is 36.5 Å². The van der Waals surface area contributed by atoms with Crippen LogP contribution in [0.2, 0.25) is 5.02 Å². The van der Waals surface area contributed by atoms with E-state index in [1.807, 2.05) is 18.7 Å². The summed E-state index contributed by atoms with van der Waals surface area (Å²) in [6.45, 7) is 6.69. The first-order valence-corrected chi connectivity index (χ1v) is 13.8. The van der Waals surface area contributed by atoms with E-state index in [-0.39, 0.29) is 5.82 Å². The summed E-state index contributed by atoms with van der Waals surface area (Å²) in [5, 5.41) is 13.9. The van der Waals surface area contributed by atoms with Crippen LogP contribution in [0.4, 0.5) is 10.7 Å². The Labute approximate surface area is 240 Å². The smallest absolute Gasteiger partial charge is 0.439 e. The number of hydrogen-bond acceptors (Lipinski definition) is 8. The molecule has 0 saturated heterocycles. The number of aromatic nitrogens is 6. The van der Waals surface area contributed by atoms with Crippen molar-refractivity contribution < 1.29 is 14.4 Å². The summed E-state index contributed by atoms with van der Waals surface area (Å²) in [7, 11) is 0. The van der Waals surface area contributed by atoms with Gasteiger partial charge in [-0.15, -0.1) is 0 Å². The van der Waals surface area contributed by atoms with E-state index < -0.39 is 11.8 Å². The predicted molar refractivity (Wildman–Crippen MR) is 153 cm³/mol. The molecule has 2 N–H and O–H groups in total. The van der Waals surface area contributed by atoms with Gasteiger partial charge >= 0.3 is 11.8 Å². The number of carbonyl (C=O) groups is 1. The van der Waals surface area contributed by atoms with E-state index in [9.17, 15) is 14.7 Å². The van der Waals surface area contributed by atoms with Crippen molar-refractivity contribution >= 4 is 34.7 Å². The molecule has 1 aliphatic heterocycles. The van der Waals surface area contributed by atoms with Crippen molar-refractivity contribution in [3.8, 4) is 22.8 Å². The molecule has 2 aliphatic rings. The summed E-state index contributed by atoms with van der Waals surface area (Å²) >= 11 is 6.36. The Morgan fingerprint density at radius 1 is 1.12 bits per heavy atom. The third kappa shape index (κ3) is 5.10. The Kier molecular flexibility index (Phi) is 6.86. The fraction of sp³-hybridized carbons (Fsp3) is 0.357. The van der Waals surface area contributed by atoms with E-state index in [2.05, 4.69) is 26.6 Å². The molecule has 0 spiro atoms. The molecule has 0 radical (unpaired) electrons. The summed E-state index contributed by atoms with van der Waals surface area (Å²) in [5.41, 5.74) is 4.41. The maximum Gasteiger partial charge on any atom is 0.439 e. The maximum absolute atomic E-state index is 11.8. The number of aromatic amines is 1. The standard InChI is InChI=1S/C28H29ClN8O4/c1-15-4-6-18(7-5-15)14-36-24-21(32-26(36)37-16(2)12-35(28(39)40)13-17(37)3)9-22(25-33-27(38)41-34-25)31-23(24)19-8-20(29)11-30-10-19/h8-13,15,18H,4-7,14H2,1-3H3,(H,39,40)(H,33,34,38). The van der Waals surface area contributed by atoms with Crippen LogP contribution in [0, 0.1) is 11.8 Å². The van der Waals surface area contributed by atoms with Crippen LogP contribution in [0.25, 0.3) is 33.8 Å². The zero-order valence-corrected chi connectivity index (χ0v) is 23.6. The summed E-state index contributed by atoms with van der Waals surface area (Å²) in [5.74, 6) is 1.24. The zero-order chi connectivity index (χ0) is 28.8. The van der Waals surface area contributed by atoms with Gasteiger partial charge in [-0.25, -0.2) is 19.6 Å². The zero-order valence-electron chi connectivity index (χ0n) is 22.8. The number of rotatable bonds is 5. The molecule has 6 rings (SSSR count). The van der Waals surface area contributed by atoms with Crippen LogP contribution in [0.15, 0.2) is 57.6 Å². The summed E-state index contributed by atoms with van der Waals surface area (Å²) in [6, 6.07) is 3.55. The number of H-pyrrole nitrogens is 1. The fourth-order valence-electron chi connectivity index (χ4n) is 5.72. The molecule has 1 fully saturated rings. The highest BCUT2D eigenvalue weighted by molar-refractivity contribution is 6.30. The molecule has 212 valence electrons. The van der Waals surface area contributed by atoms with Crippen LogP contribution in [-0.2, 0) is 6.54 Å². The van der Waals surface area contributed by atoms with Crippen molar-refractivity contribution in [3.05, 3.63) is 63.9 Å². The lowest BCUT2D eigenvalue weighted by Crippen LogP contribution is -2.32. The van der Waals surface area contributed by atoms with Gasteiger partial charge < -0.3 is 9.67 Å². The number of pyridine rings is 2. The van der Waals surface area contributed by atoms with Gasteiger partial charge in [0, 0.05) is 48.3 Å². The highest BCUT2D eigenvalue weighted by Crippen LogP contribution is 2.39. The molecule has 4 aromatic heterocycles. The molecule has 4 aromatic rings. The first-order chi connectivity index (χ1) is 19.7. The van der Waals surface area contributed by atoms with Crippen LogP contribution in [-0.4, -0.2) is 45.8 Å². The number of fused-ring (bicyclic) bond motifs is 1. The number of allylic oxidation sites excluding steroid dienone is 2. The molecule has 5 heterocycles. The Balaban J connectivity index is 1.60. The van der Waals surface area contributed by atoms with E-state index in [4.69, 9.17) is 26.1 Å². The second-order valence-electron chi connectivity index (χ2n) is 10.8. The van der Waals surface area contributed by atoms with Gasteiger partial charge in [0.2, 0.25) is 11.8 Å². The van der Waals surface area contributed by atoms with Crippen molar-refractivity contribution in [2.45, 2.75) is 53.0 Å². The minimum atomic E-state index is -1.07. The molecule has 1 amide bonds. The van der Waals surface area contributed by atoms with Gasteiger partial charge in [-0.05, 0) is 50.7 Å². The average Bonchev–Trinajstić information content (AvgIpc) is 3.52. The van der Waals surface area contributed by atoms with Gasteiger partial charge in [0.25, 0.3) is 0 Å². The minimum Gasteiger partial charge on any atom is -0.464 e. The Morgan fingerprint density at radius 2 is 1.85 bits per heavy atom. The number of amides is 1. The second kappa shape index (κ2) is 10.5. The predicted octanol–water partition coefficient (Wildman–Crippen LogP) is 5.84. The molecule has 41 heavy (non-hydrogen) atoms. The van der Waals surface area contributed by atoms with Crippen LogP contribution >= 0.6 is 11.6 Å². The number of hydrogen-bond donors (Lipinski definition) is 2. The lowest BCUT2D eigenvalue weighted by molar-refractivity contribution is 0.174. The average molecular weight is 577 g/mol. The quantitative estimate of drug-likeness (QED) is 0.299. The van der Waals surface area contributed by atoms with Crippen molar-refractivity contribution in [1.82, 2.24) is 34.6 Å². The number of carboxylic acid groups (broad SMARTS) is 1. The molecule has 0 atom stereocenters. The number of imidazole rings is 1. The molecular weight excluding hydrogens is 548 g/mol. The van der Waals surface area contributed by atoms with Crippen LogP contribution in [0.5, 0.6) is 0 Å². The van der Waals surface area contributed by atoms with Crippen molar-refractivity contribution in [3.63, 3.8) is 0 Å². The van der Waals surface area contributed by atoms with Gasteiger partial charge in [0.15, 0.2) is 0 Å². The molecule has 0 bridgehead atoms. The normalized spacial score (nSPS) is 19.4. The minimum absolute atomic E-state index is 0.174. The largest absolute Gasteiger partial charge is 0.464 e. The second-order valence-corrected chi connectivity index (χ2v) is 11.2. The lowest BCUT2D eigenvalue weighted by Gasteiger charge is -2.33. The number of nitrogens with one attached hydrogen (secondary N) is 1. The molecular formula is C28H29ClN8O4. The number of nitrogens with zero attached hydrogens (tertiary/aromatic N) is 7. The molecule has 12 nitrogen and oxygen atoms in total. The first-order valence-electron chi connectivity index (χ1n) is 13.4. The van der Waals surface area contributed by atoms with Crippen LogP contribution < -0.4 is 10.7 Å². The van der Waals surface area contributed by atoms with E-state index in [1.54, 1.807) is 36.9 Å². The summed E-state index contributed by atoms with van der Waals surface area (Å²) < 4.78 is 6.92. The number of halogens is 1. The van der Waals surface area contributed by atoms with E-state index in [0.717, 1.165) is 36.1 Å². The molecule has 0 unspecified atom stereocenters. The number of anilines is 1. The van der Waals surface area contributed by atoms with E-state index >= 15 is 0 Å². The highest BCUT2D eigenvalue weighted by Gasteiger charge is 2.29. The van der Waals surface area contributed by atoms with E-state index in [0.29, 0.717) is 63.2 Å². The highest BCUT2D eigenvalue weighted by atomic mass is 35.5. The Hall–Kier alpha value is -4.45. The molecule has 1 saturated carbocycles. The monoisotopic (exact) mass is 576 g/mol. The summed E-state index contributed by atoms with van der Waals surface area (Å²) in [4.78, 5) is 43.4. The molecule has 1 aliphatic carbocycles. The van der Waals surface area contributed by atoms with Gasteiger partial charge in [-0.3, -0.25) is 24.3 Å². The SMILES string of the molecule is CC1=CN(C(=O)O)C=C(C)N1c1nc2cc(-c3noc(=O)[nH]3)nc(-c3cncc(Cl)c3)c2n1CC1CCC(C)CC1. The van der Waals surface area contributed by atoms with Gasteiger partial charge in [0.05, 0.1) is 21.7 Å². The van der Waals surface area contributed by atoms with Crippen molar-refractivity contribution in [2.24, 2.45) is 11.8 Å². The third-order valence-electron chi connectivity index (χ3n) is 7.72. The molecule has 0 aromatic carbocycles. The first kappa shape index (κ1) is 26.8. The van der Waals surface area contributed by atoms with Gasteiger partial charge in [-0.2, -0.15) is 0 Å². The lowest BCUT2D eigenvalue weighted by atomic mass is 9.83. The van der Waals surface area contributed by atoms with Crippen LogP contribution in [0.1, 0.15) is 46.5 Å². The fourth-order valence-corrected chi connectivity index (χ4v) is 5.90. The van der Waals surface area contributed by atoms with E-state index in [1.165, 1.54) is 0 Å². The maximum atomic E-state index is 11.8. The Morgan fingerprint density at radius 3 is 2.49 bits per heavy atom. The van der Waals surface area contributed by atoms with Gasteiger partial charge in [0.1, 0.15) is 5.69 Å². The third-order valence-corrected chi connectivity index (χ3v) is 7.93. The topological polar surface area (TPSA) is 146 Å².